The molecular formula is C13H20O4. The van der Waals surface area contributed by atoms with Crippen molar-refractivity contribution in [1.82, 2.24) is 0 Å². The molecule has 0 bridgehead atoms. The Kier molecular flexibility index (Phi) is 2.58. The number of fused-ring (bicyclic) bond motifs is 1. The van der Waals surface area contributed by atoms with Crippen LogP contribution >= 0.6 is 0 Å². The van der Waals surface area contributed by atoms with Crippen molar-refractivity contribution in [3.63, 3.8) is 0 Å². The van der Waals surface area contributed by atoms with Gasteiger partial charge in [0.05, 0.1) is 25.7 Å². The number of hydrogen-bond acceptors (Lipinski definition) is 4. The molecule has 3 rings (SSSR count). The number of carbonyl (C=O) groups is 1. The summed E-state index contributed by atoms with van der Waals surface area (Å²) in [6, 6.07) is 0. The molecule has 0 aromatic carbocycles. The molecular weight excluding hydrogens is 220 g/mol. The zero-order valence-corrected chi connectivity index (χ0v) is 10.3. The van der Waals surface area contributed by atoms with E-state index in [1.54, 1.807) is 0 Å². The SMILES string of the molecule is C[C@]12CCC3(CC(=O)[C@H]1CC[C@@H]2O)OCCO3. The van der Waals surface area contributed by atoms with Gasteiger partial charge in [0.25, 0.3) is 0 Å². The third-order valence-corrected chi connectivity index (χ3v) is 4.98. The average molecular weight is 240 g/mol. The second-order valence-electron chi connectivity index (χ2n) is 5.90. The summed E-state index contributed by atoms with van der Waals surface area (Å²) in [5, 5.41) is 10.1. The largest absolute Gasteiger partial charge is 0.393 e. The Morgan fingerprint density at radius 3 is 2.65 bits per heavy atom. The van der Waals surface area contributed by atoms with Crippen LogP contribution < -0.4 is 0 Å². The lowest BCUT2D eigenvalue weighted by atomic mass is 9.74. The zero-order chi connectivity index (χ0) is 12.1. The smallest absolute Gasteiger partial charge is 0.175 e. The Bertz CT molecular complexity index is 334. The van der Waals surface area contributed by atoms with Crippen molar-refractivity contribution in [2.75, 3.05) is 13.2 Å². The topological polar surface area (TPSA) is 55.8 Å². The second kappa shape index (κ2) is 3.77. The van der Waals surface area contributed by atoms with Crippen LogP contribution in [0.25, 0.3) is 0 Å². The van der Waals surface area contributed by atoms with E-state index in [1.807, 2.05) is 6.92 Å². The maximum absolute atomic E-state index is 12.3. The van der Waals surface area contributed by atoms with Gasteiger partial charge in [-0.25, -0.2) is 0 Å². The van der Waals surface area contributed by atoms with Crippen LogP contribution in [0.15, 0.2) is 0 Å². The van der Waals surface area contributed by atoms with Crippen molar-refractivity contribution in [3.8, 4) is 0 Å². The fourth-order valence-electron chi connectivity index (χ4n) is 3.77. The van der Waals surface area contributed by atoms with Gasteiger partial charge in [0.2, 0.25) is 0 Å². The normalized spacial score (nSPS) is 44.9. The van der Waals surface area contributed by atoms with Crippen LogP contribution in [-0.2, 0) is 14.3 Å². The Labute approximate surface area is 101 Å². The molecule has 1 saturated heterocycles. The highest BCUT2D eigenvalue weighted by Gasteiger charge is 2.55. The summed E-state index contributed by atoms with van der Waals surface area (Å²) in [4.78, 5) is 12.3. The van der Waals surface area contributed by atoms with Crippen LogP contribution in [0.3, 0.4) is 0 Å². The molecule has 0 unspecified atom stereocenters. The molecule has 1 spiro atoms. The second-order valence-corrected chi connectivity index (χ2v) is 5.90. The van der Waals surface area contributed by atoms with E-state index < -0.39 is 5.79 Å². The number of hydrogen-bond donors (Lipinski definition) is 1. The maximum atomic E-state index is 12.3. The Morgan fingerprint density at radius 1 is 1.24 bits per heavy atom. The molecule has 0 amide bonds. The summed E-state index contributed by atoms with van der Waals surface area (Å²) in [6.07, 6.45) is 3.11. The van der Waals surface area contributed by atoms with E-state index in [1.165, 1.54) is 0 Å². The summed E-state index contributed by atoms with van der Waals surface area (Å²) in [5.41, 5.74) is -0.268. The van der Waals surface area contributed by atoms with E-state index in [4.69, 9.17) is 9.47 Å². The van der Waals surface area contributed by atoms with Gasteiger partial charge in [-0.2, -0.15) is 0 Å². The van der Waals surface area contributed by atoms with Crippen LogP contribution in [0, 0.1) is 11.3 Å². The molecule has 0 radical (unpaired) electrons. The summed E-state index contributed by atoms with van der Waals surface area (Å²) >= 11 is 0. The molecule has 2 aliphatic carbocycles. The Hall–Kier alpha value is -0.450. The highest BCUT2D eigenvalue weighted by Crippen LogP contribution is 2.52. The number of aliphatic hydroxyl groups excluding tert-OH is 1. The predicted molar refractivity (Wildman–Crippen MR) is 60.3 cm³/mol. The average Bonchev–Trinajstić information content (AvgIpc) is 2.82. The van der Waals surface area contributed by atoms with Crippen LogP contribution in [0.4, 0.5) is 0 Å². The minimum Gasteiger partial charge on any atom is -0.393 e. The summed E-state index contributed by atoms with van der Waals surface area (Å²) in [5.74, 6) is -0.474. The lowest BCUT2D eigenvalue weighted by Gasteiger charge is -2.32. The molecule has 3 fully saturated rings. The third-order valence-electron chi connectivity index (χ3n) is 4.98. The van der Waals surface area contributed by atoms with Gasteiger partial charge in [0.1, 0.15) is 5.78 Å². The van der Waals surface area contributed by atoms with Gasteiger partial charge in [0, 0.05) is 17.8 Å². The first kappa shape index (κ1) is 11.6. The molecule has 1 aliphatic heterocycles. The van der Waals surface area contributed by atoms with E-state index >= 15 is 0 Å². The van der Waals surface area contributed by atoms with Crippen LogP contribution in [0.2, 0.25) is 0 Å². The van der Waals surface area contributed by atoms with E-state index in [9.17, 15) is 9.90 Å². The van der Waals surface area contributed by atoms with Gasteiger partial charge >= 0.3 is 0 Å². The molecule has 0 aromatic rings. The predicted octanol–water partition coefficient (Wildman–Crippen LogP) is 1.26. The fourth-order valence-corrected chi connectivity index (χ4v) is 3.77. The van der Waals surface area contributed by atoms with Crippen LogP contribution in [-0.4, -0.2) is 36.0 Å². The van der Waals surface area contributed by atoms with Crippen molar-refractivity contribution in [2.24, 2.45) is 11.3 Å². The van der Waals surface area contributed by atoms with Crippen molar-refractivity contribution >= 4 is 5.78 Å². The van der Waals surface area contributed by atoms with Crippen LogP contribution in [0.5, 0.6) is 0 Å². The summed E-state index contributed by atoms with van der Waals surface area (Å²) < 4.78 is 11.3. The lowest BCUT2D eigenvalue weighted by Crippen LogP contribution is -2.34. The van der Waals surface area contributed by atoms with E-state index in [2.05, 4.69) is 0 Å². The Balaban J connectivity index is 1.88. The Morgan fingerprint density at radius 2 is 1.94 bits per heavy atom. The fraction of sp³-hybridized carbons (Fsp3) is 0.923. The number of rotatable bonds is 0. The van der Waals surface area contributed by atoms with Gasteiger partial charge in [-0.1, -0.05) is 6.92 Å². The number of ketones is 1. The minimum atomic E-state index is -0.676. The van der Waals surface area contributed by atoms with Crippen molar-refractivity contribution in [3.05, 3.63) is 0 Å². The molecule has 1 N–H and O–H groups in total. The molecule has 0 aromatic heterocycles. The molecule has 3 aliphatic rings. The van der Waals surface area contributed by atoms with Crippen molar-refractivity contribution in [2.45, 2.75) is 50.9 Å². The number of aliphatic hydroxyl groups is 1. The lowest BCUT2D eigenvalue weighted by molar-refractivity contribution is -0.171. The van der Waals surface area contributed by atoms with Crippen molar-refractivity contribution < 1.29 is 19.4 Å². The van der Waals surface area contributed by atoms with Gasteiger partial charge in [-0.15, -0.1) is 0 Å². The standard InChI is InChI=1S/C13H20O4/c1-12-4-5-13(16-6-7-17-13)8-10(14)9(12)2-3-11(12)15/h9,11,15H,2-8H2,1H3/t9-,11+,12+/m1/s1. The van der Waals surface area contributed by atoms with Gasteiger partial charge < -0.3 is 14.6 Å². The molecule has 96 valence electrons. The summed E-state index contributed by atoms with van der Waals surface area (Å²) in [7, 11) is 0. The van der Waals surface area contributed by atoms with Crippen molar-refractivity contribution in [1.29, 1.82) is 0 Å². The third kappa shape index (κ3) is 1.65. The summed E-state index contributed by atoms with van der Waals surface area (Å²) in [6.45, 7) is 3.20. The molecule has 2 saturated carbocycles. The van der Waals surface area contributed by atoms with Crippen LogP contribution in [0.1, 0.15) is 39.0 Å². The maximum Gasteiger partial charge on any atom is 0.175 e. The van der Waals surface area contributed by atoms with E-state index in [0.29, 0.717) is 19.6 Å². The zero-order valence-electron chi connectivity index (χ0n) is 10.3. The number of Topliss-reactive ketones (excluding diaryl/α,β-unsaturated/α-hetero) is 1. The van der Waals surface area contributed by atoms with E-state index in [0.717, 1.165) is 25.7 Å². The molecule has 4 heteroatoms. The van der Waals surface area contributed by atoms with Gasteiger partial charge in [0.15, 0.2) is 5.79 Å². The van der Waals surface area contributed by atoms with Gasteiger partial charge in [-0.3, -0.25) is 4.79 Å². The highest BCUT2D eigenvalue weighted by molar-refractivity contribution is 5.83. The molecule has 3 atom stereocenters. The highest BCUT2D eigenvalue weighted by atomic mass is 16.7. The first-order chi connectivity index (χ1) is 8.06. The first-order valence-electron chi connectivity index (χ1n) is 6.54. The molecule has 1 heterocycles. The molecule has 17 heavy (non-hydrogen) atoms. The van der Waals surface area contributed by atoms with Gasteiger partial charge in [-0.05, 0) is 19.3 Å². The first-order valence-corrected chi connectivity index (χ1v) is 6.54. The monoisotopic (exact) mass is 240 g/mol. The molecule has 4 nitrogen and oxygen atoms in total. The number of carbonyl (C=O) groups excluding carboxylic acids is 1. The quantitative estimate of drug-likeness (QED) is 0.692. The number of ether oxygens (including phenoxy) is 2. The minimum absolute atomic E-state index is 0.00956. The van der Waals surface area contributed by atoms with E-state index in [-0.39, 0.29) is 23.2 Å².